The van der Waals surface area contributed by atoms with Crippen molar-refractivity contribution >= 4 is 34.8 Å². The smallest absolute Gasteiger partial charge is 0.325 e. The molecule has 10 nitrogen and oxygen atoms in total. The Morgan fingerprint density at radius 2 is 1.80 bits per heavy atom. The second kappa shape index (κ2) is 11.1. The minimum atomic E-state index is -0.560. The van der Waals surface area contributed by atoms with Gasteiger partial charge in [0, 0.05) is 42.0 Å². The van der Waals surface area contributed by atoms with Crippen LogP contribution in [0.2, 0.25) is 0 Å². The molecule has 0 unspecified atom stereocenters. The van der Waals surface area contributed by atoms with Gasteiger partial charge in [0.15, 0.2) is 0 Å². The van der Waals surface area contributed by atoms with E-state index in [2.05, 4.69) is 20.7 Å². The molecule has 0 bridgehead atoms. The van der Waals surface area contributed by atoms with Gasteiger partial charge in [0.1, 0.15) is 6.54 Å². The minimum absolute atomic E-state index is 0.0149. The molecule has 0 radical (unpaired) electrons. The Morgan fingerprint density at radius 3 is 2.47 bits per heavy atom. The molecule has 0 atom stereocenters. The van der Waals surface area contributed by atoms with Crippen molar-refractivity contribution in [1.82, 2.24) is 5.32 Å². The Balaban J connectivity index is 1.76. The summed E-state index contributed by atoms with van der Waals surface area (Å²) in [4.78, 5) is 45.4. The Labute approximate surface area is 172 Å². The monoisotopic (exact) mass is 414 g/mol. The van der Waals surface area contributed by atoms with Gasteiger partial charge in [-0.25, -0.2) is 0 Å². The van der Waals surface area contributed by atoms with E-state index in [0.717, 1.165) is 5.69 Å². The van der Waals surface area contributed by atoms with Gasteiger partial charge in [0.25, 0.3) is 11.6 Å². The number of ether oxygens (including phenoxy) is 1. The van der Waals surface area contributed by atoms with Crippen molar-refractivity contribution in [3.8, 4) is 0 Å². The maximum absolute atomic E-state index is 12.1. The first-order chi connectivity index (χ1) is 14.4. The number of amides is 2. The van der Waals surface area contributed by atoms with Crippen LogP contribution in [0.3, 0.4) is 0 Å². The van der Waals surface area contributed by atoms with Crippen LogP contribution in [-0.2, 0) is 14.3 Å². The van der Waals surface area contributed by atoms with Crippen molar-refractivity contribution in [1.29, 1.82) is 0 Å². The second-order valence-corrected chi connectivity index (χ2v) is 6.22. The summed E-state index contributed by atoms with van der Waals surface area (Å²) in [6, 6.07) is 12.4. The van der Waals surface area contributed by atoms with E-state index in [1.165, 1.54) is 25.3 Å². The summed E-state index contributed by atoms with van der Waals surface area (Å²) in [5.74, 6) is -1.23. The lowest BCUT2D eigenvalue weighted by Crippen LogP contribution is -2.30. The number of nitro groups is 1. The third-order valence-corrected chi connectivity index (χ3v) is 4.02. The fourth-order valence-corrected chi connectivity index (χ4v) is 2.47. The van der Waals surface area contributed by atoms with Crippen LogP contribution in [0.4, 0.5) is 17.1 Å². The minimum Gasteiger partial charge on any atom is -0.468 e. The van der Waals surface area contributed by atoms with Crippen LogP contribution < -0.4 is 16.0 Å². The normalized spacial score (nSPS) is 10.0. The zero-order chi connectivity index (χ0) is 21.9. The van der Waals surface area contributed by atoms with Crippen LogP contribution >= 0.6 is 0 Å². The van der Waals surface area contributed by atoms with E-state index in [0.29, 0.717) is 24.2 Å². The summed E-state index contributed by atoms with van der Waals surface area (Å²) in [5.41, 5.74) is 1.51. The molecule has 0 aliphatic heterocycles. The maximum Gasteiger partial charge on any atom is 0.325 e. The molecule has 0 spiro atoms. The molecular formula is C20H22N4O6. The summed E-state index contributed by atoms with van der Waals surface area (Å²) >= 11 is 0. The van der Waals surface area contributed by atoms with Gasteiger partial charge in [-0.05, 0) is 36.8 Å². The van der Waals surface area contributed by atoms with Gasteiger partial charge < -0.3 is 20.7 Å². The van der Waals surface area contributed by atoms with E-state index in [-0.39, 0.29) is 24.6 Å². The Bertz CT molecular complexity index is 914. The van der Waals surface area contributed by atoms with Crippen LogP contribution in [0.1, 0.15) is 23.2 Å². The number of carbonyl (C=O) groups excluding carboxylic acids is 3. The van der Waals surface area contributed by atoms with Crippen molar-refractivity contribution in [2.24, 2.45) is 0 Å². The van der Waals surface area contributed by atoms with E-state index in [9.17, 15) is 24.5 Å². The van der Waals surface area contributed by atoms with Gasteiger partial charge in [0.05, 0.1) is 12.0 Å². The van der Waals surface area contributed by atoms with Gasteiger partial charge in [-0.2, -0.15) is 0 Å². The van der Waals surface area contributed by atoms with Gasteiger partial charge in [-0.15, -0.1) is 0 Å². The number of esters is 1. The van der Waals surface area contributed by atoms with Crippen LogP contribution in [-0.4, -0.2) is 42.9 Å². The Hall–Kier alpha value is -3.95. The van der Waals surface area contributed by atoms with Crippen molar-refractivity contribution in [2.75, 3.05) is 30.8 Å². The Morgan fingerprint density at radius 1 is 1.07 bits per heavy atom. The summed E-state index contributed by atoms with van der Waals surface area (Å²) < 4.78 is 4.46. The van der Waals surface area contributed by atoms with Gasteiger partial charge in [-0.3, -0.25) is 24.5 Å². The number of carbonyl (C=O) groups is 3. The SMILES string of the molecule is COC(=O)CNC(=O)c1cccc(NC(=O)CCCNc2ccc([N+](=O)[O-])cc2)c1. The third-order valence-electron chi connectivity index (χ3n) is 4.02. The molecule has 2 rings (SSSR count). The molecule has 0 fully saturated rings. The number of hydrogen-bond acceptors (Lipinski definition) is 7. The van der Waals surface area contributed by atoms with E-state index in [1.807, 2.05) is 0 Å². The number of nitrogens with zero attached hydrogens (tertiary/aromatic N) is 1. The summed E-state index contributed by atoms with van der Waals surface area (Å²) in [5, 5.41) is 18.9. The summed E-state index contributed by atoms with van der Waals surface area (Å²) in [7, 11) is 1.23. The highest BCUT2D eigenvalue weighted by Crippen LogP contribution is 2.15. The average Bonchev–Trinajstić information content (AvgIpc) is 2.75. The number of anilines is 2. The summed E-state index contributed by atoms with van der Waals surface area (Å²) in [6.07, 6.45) is 0.793. The molecule has 2 aromatic carbocycles. The number of hydrogen-bond donors (Lipinski definition) is 3. The second-order valence-electron chi connectivity index (χ2n) is 6.22. The number of nitro benzene ring substituents is 1. The highest BCUT2D eigenvalue weighted by molar-refractivity contribution is 5.98. The average molecular weight is 414 g/mol. The quantitative estimate of drug-likeness (QED) is 0.235. The topological polar surface area (TPSA) is 140 Å². The highest BCUT2D eigenvalue weighted by atomic mass is 16.6. The number of nitrogens with one attached hydrogen (secondary N) is 3. The molecule has 0 aliphatic rings. The van der Waals surface area contributed by atoms with E-state index in [1.54, 1.807) is 30.3 Å². The molecule has 0 aliphatic carbocycles. The zero-order valence-corrected chi connectivity index (χ0v) is 16.3. The van der Waals surface area contributed by atoms with E-state index < -0.39 is 16.8 Å². The molecule has 10 heteroatoms. The molecular weight excluding hydrogens is 392 g/mol. The number of non-ortho nitro benzene ring substituents is 1. The lowest BCUT2D eigenvalue weighted by atomic mass is 10.2. The van der Waals surface area contributed by atoms with E-state index >= 15 is 0 Å². The van der Waals surface area contributed by atoms with Gasteiger partial charge in [0.2, 0.25) is 5.91 Å². The van der Waals surface area contributed by atoms with E-state index in [4.69, 9.17) is 0 Å². The molecule has 2 aromatic rings. The van der Waals surface area contributed by atoms with Crippen LogP contribution in [0, 0.1) is 10.1 Å². The molecule has 0 saturated carbocycles. The fraction of sp³-hybridized carbons (Fsp3) is 0.250. The first-order valence-corrected chi connectivity index (χ1v) is 9.12. The Kier molecular flexibility index (Phi) is 8.30. The number of rotatable bonds is 10. The first kappa shape index (κ1) is 22.3. The molecule has 0 heterocycles. The largest absolute Gasteiger partial charge is 0.468 e. The standard InChI is InChI=1S/C20H22N4O6/c1-30-19(26)13-22-20(27)14-4-2-5-16(12-14)23-18(25)6-3-11-21-15-7-9-17(10-8-15)24(28)29/h2,4-5,7-10,12,21H,3,6,11,13H2,1H3,(H,22,27)(H,23,25). The number of benzene rings is 2. The van der Waals surface area contributed by atoms with Crippen LogP contribution in [0.25, 0.3) is 0 Å². The predicted molar refractivity (Wildman–Crippen MR) is 110 cm³/mol. The third kappa shape index (κ3) is 7.23. The number of methoxy groups -OCH3 is 1. The van der Waals surface area contributed by atoms with Crippen molar-refractivity contribution in [3.05, 3.63) is 64.2 Å². The molecule has 0 aromatic heterocycles. The van der Waals surface area contributed by atoms with Crippen molar-refractivity contribution in [3.63, 3.8) is 0 Å². The zero-order valence-electron chi connectivity index (χ0n) is 16.3. The van der Waals surface area contributed by atoms with Gasteiger partial charge >= 0.3 is 5.97 Å². The van der Waals surface area contributed by atoms with Crippen LogP contribution in [0.15, 0.2) is 48.5 Å². The predicted octanol–water partition coefficient (Wildman–Crippen LogP) is 2.33. The lowest BCUT2D eigenvalue weighted by Gasteiger charge is -2.09. The maximum atomic E-state index is 12.1. The molecule has 3 N–H and O–H groups in total. The van der Waals surface area contributed by atoms with Crippen LogP contribution in [0.5, 0.6) is 0 Å². The van der Waals surface area contributed by atoms with Crippen molar-refractivity contribution in [2.45, 2.75) is 12.8 Å². The highest BCUT2D eigenvalue weighted by Gasteiger charge is 2.10. The van der Waals surface area contributed by atoms with Crippen molar-refractivity contribution < 1.29 is 24.0 Å². The molecule has 30 heavy (non-hydrogen) atoms. The lowest BCUT2D eigenvalue weighted by molar-refractivity contribution is -0.384. The molecule has 158 valence electrons. The molecule has 0 saturated heterocycles. The summed E-state index contributed by atoms with van der Waals surface area (Å²) in [6.45, 7) is 0.273. The first-order valence-electron chi connectivity index (χ1n) is 9.12. The molecule has 2 amide bonds. The van der Waals surface area contributed by atoms with Gasteiger partial charge in [-0.1, -0.05) is 6.07 Å². The fourth-order valence-electron chi connectivity index (χ4n) is 2.47.